The lowest BCUT2D eigenvalue weighted by Gasteiger charge is -2.37. The number of halogens is 2. The predicted molar refractivity (Wildman–Crippen MR) is 89.8 cm³/mol. The minimum absolute atomic E-state index is 0.665. The van der Waals surface area contributed by atoms with Crippen LogP contribution in [-0.4, -0.2) is 31.1 Å². The molecule has 3 rings (SSSR count). The molecule has 1 aliphatic heterocycles. The Morgan fingerprint density at radius 1 is 0.870 bits per heavy atom. The molecule has 1 fully saturated rings. The molecule has 23 heavy (non-hydrogen) atoms. The molecule has 4 heteroatoms. The standard InChI is InChI=1S/C19H22F2N2/c1-14-3-4-15(2)19(11-14)23-9-7-22(8-10-23)13-16-5-6-17(20)18(21)12-16/h3-6,11-12H,7-10,13H2,1-2H3. The van der Waals surface area contributed by atoms with Crippen LogP contribution in [0.5, 0.6) is 0 Å². The van der Waals surface area contributed by atoms with Gasteiger partial charge in [-0.25, -0.2) is 8.78 Å². The molecule has 122 valence electrons. The van der Waals surface area contributed by atoms with Crippen molar-refractivity contribution in [3.05, 3.63) is 64.7 Å². The number of anilines is 1. The van der Waals surface area contributed by atoms with E-state index in [1.807, 2.05) is 0 Å². The van der Waals surface area contributed by atoms with E-state index in [1.165, 1.54) is 28.9 Å². The molecule has 0 spiro atoms. The summed E-state index contributed by atoms with van der Waals surface area (Å²) in [7, 11) is 0. The van der Waals surface area contributed by atoms with Gasteiger partial charge in [-0.3, -0.25) is 4.90 Å². The zero-order valence-corrected chi connectivity index (χ0v) is 13.6. The Kier molecular flexibility index (Phi) is 4.62. The van der Waals surface area contributed by atoms with Gasteiger partial charge in [-0.2, -0.15) is 0 Å². The number of hydrogen-bond acceptors (Lipinski definition) is 2. The summed E-state index contributed by atoms with van der Waals surface area (Å²) in [6.07, 6.45) is 0. The van der Waals surface area contributed by atoms with Crippen molar-refractivity contribution in [3.8, 4) is 0 Å². The Morgan fingerprint density at radius 2 is 1.61 bits per heavy atom. The number of hydrogen-bond donors (Lipinski definition) is 0. The maximum Gasteiger partial charge on any atom is 0.159 e. The normalized spacial score (nSPS) is 15.9. The summed E-state index contributed by atoms with van der Waals surface area (Å²) in [5.41, 5.74) is 4.70. The van der Waals surface area contributed by atoms with Gasteiger partial charge >= 0.3 is 0 Å². The van der Waals surface area contributed by atoms with Gasteiger partial charge in [0.05, 0.1) is 0 Å². The Morgan fingerprint density at radius 3 is 2.30 bits per heavy atom. The van der Waals surface area contributed by atoms with E-state index in [1.54, 1.807) is 6.07 Å². The van der Waals surface area contributed by atoms with Crippen molar-refractivity contribution in [3.63, 3.8) is 0 Å². The second-order valence-electron chi connectivity index (χ2n) is 6.30. The number of benzene rings is 2. The van der Waals surface area contributed by atoms with E-state index in [0.29, 0.717) is 6.54 Å². The zero-order valence-electron chi connectivity index (χ0n) is 13.6. The molecule has 1 saturated heterocycles. The quantitative estimate of drug-likeness (QED) is 0.847. The monoisotopic (exact) mass is 316 g/mol. The van der Waals surface area contributed by atoms with E-state index in [9.17, 15) is 8.78 Å². The summed E-state index contributed by atoms with van der Waals surface area (Å²) >= 11 is 0. The van der Waals surface area contributed by atoms with E-state index in [4.69, 9.17) is 0 Å². The molecule has 0 saturated carbocycles. The predicted octanol–water partition coefficient (Wildman–Crippen LogP) is 3.90. The molecule has 2 nitrogen and oxygen atoms in total. The molecule has 0 N–H and O–H groups in total. The van der Waals surface area contributed by atoms with Crippen LogP contribution in [-0.2, 0) is 6.54 Å². The van der Waals surface area contributed by atoms with Crippen LogP contribution in [0.2, 0.25) is 0 Å². The first-order valence-corrected chi connectivity index (χ1v) is 8.01. The van der Waals surface area contributed by atoms with Crippen LogP contribution >= 0.6 is 0 Å². The van der Waals surface area contributed by atoms with Crippen LogP contribution in [0.25, 0.3) is 0 Å². The van der Waals surface area contributed by atoms with Crippen molar-refractivity contribution >= 4 is 5.69 Å². The van der Waals surface area contributed by atoms with Crippen molar-refractivity contribution in [2.45, 2.75) is 20.4 Å². The summed E-state index contributed by atoms with van der Waals surface area (Å²) in [6, 6.07) is 10.7. The van der Waals surface area contributed by atoms with Gasteiger partial charge in [0, 0.05) is 38.4 Å². The molecule has 0 atom stereocenters. The van der Waals surface area contributed by atoms with Gasteiger partial charge in [0.15, 0.2) is 11.6 Å². The average molecular weight is 316 g/mol. The third kappa shape index (κ3) is 3.70. The Bertz CT molecular complexity index is 692. The van der Waals surface area contributed by atoms with Crippen LogP contribution < -0.4 is 4.90 Å². The van der Waals surface area contributed by atoms with E-state index in [2.05, 4.69) is 41.8 Å². The van der Waals surface area contributed by atoms with Gasteiger partial charge in [0.1, 0.15) is 0 Å². The first-order chi connectivity index (χ1) is 11.0. The molecule has 1 aliphatic rings. The molecular formula is C19H22F2N2. The smallest absolute Gasteiger partial charge is 0.159 e. The fourth-order valence-corrected chi connectivity index (χ4v) is 3.10. The Labute approximate surface area is 136 Å². The lowest BCUT2D eigenvalue weighted by Crippen LogP contribution is -2.46. The van der Waals surface area contributed by atoms with E-state index < -0.39 is 11.6 Å². The van der Waals surface area contributed by atoms with Crippen LogP contribution in [0.3, 0.4) is 0 Å². The highest BCUT2D eigenvalue weighted by atomic mass is 19.2. The fraction of sp³-hybridized carbons (Fsp3) is 0.368. The maximum absolute atomic E-state index is 13.3. The van der Waals surface area contributed by atoms with E-state index in [-0.39, 0.29) is 0 Å². The van der Waals surface area contributed by atoms with Crippen molar-refractivity contribution < 1.29 is 8.78 Å². The van der Waals surface area contributed by atoms with Gasteiger partial charge in [-0.1, -0.05) is 18.2 Å². The molecule has 0 aliphatic carbocycles. The molecule has 0 radical (unpaired) electrons. The van der Waals surface area contributed by atoms with Crippen molar-refractivity contribution in [2.75, 3.05) is 31.1 Å². The first-order valence-electron chi connectivity index (χ1n) is 8.01. The molecule has 0 bridgehead atoms. The van der Waals surface area contributed by atoms with E-state index in [0.717, 1.165) is 31.7 Å². The molecule has 2 aromatic rings. The maximum atomic E-state index is 13.3. The van der Waals surface area contributed by atoms with Crippen LogP contribution in [0.15, 0.2) is 36.4 Å². The van der Waals surface area contributed by atoms with Gasteiger partial charge in [0.25, 0.3) is 0 Å². The van der Waals surface area contributed by atoms with Crippen LogP contribution in [0.1, 0.15) is 16.7 Å². The Hall–Kier alpha value is -1.94. The highest BCUT2D eigenvalue weighted by Gasteiger charge is 2.19. The molecule has 1 heterocycles. The Balaban J connectivity index is 1.62. The minimum atomic E-state index is -0.784. The van der Waals surface area contributed by atoms with Crippen LogP contribution in [0, 0.1) is 25.5 Å². The van der Waals surface area contributed by atoms with Gasteiger partial charge in [0.2, 0.25) is 0 Å². The highest BCUT2D eigenvalue weighted by Crippen LogP contribution is 2.23. The summed E-state index contributed by atoms with van der Waals surface area (Å²) in [5.74, 6) is -1.55. The number of piperazine rings is 1. The third-order valence-electron chi connectivity index (χ3n) is 4.47. The summed E-state index contributed by atoms with van der Waals surface area (Å²) in [5, 5.41) is 0. The third-order valence-corrected chi connectivity index (χ3v) is 4.47. The van der Waals surface area contributed by atoms with Gasteiger partial charge in [-0.15, -0.1) is 0 Å². The first kappa shape index (κ1) is 15.9. The van der Waals surface area contributed by atoms with E-state index >= 15 is 0 Å². The van der Waals surface area contributed by atoms with Crippen molar-refractivity contribution in [1.29, 1.82) is 0 Å². The van der Waals surface area contributed by atoms with Crippen LogP contribution in [0.4, 0.5) is 14.5 Å². The number of aryl methyl sites for hydroxylation is 2. The lowest BCUT2D eigenvalue weighted by molar-refractivity contribution is 0.249. The minimum Gasteiger partial charge on any atom is -0.369 e. The second-order valence-corrected chi connectivity index (χ2v) is 6.30. The highest BCUT2D eigenvalue weighted by molar-refractivity contribution is 5.55. The summed E-state index contributed by atoms with van der Waals surface area (Å²) in [4.78, 5) is 4.69. The molecular weight excluding hydrogens is 294 g/mol. The largest absolute Gasteiger partial charge is 0.369 e. The molecule has 0 aromatic heterocycles. The van der Waals surface area contributed by atoms with Gasteiger partial charge < -0.3 is 4.90 Å². The second kappa shape index (κ2) is 6.67. The number of rotatable bonds is 3. The SMILES string of the molecule is Cc1ccc(C)c(N2CCN(Cc3ccc(F)c(F)c3)CC2)c1. The van der Waals surface area contributed by atoms with Crippen molar-refractivity contribution in [2.24, 2.45) is 0 Å². The summed E-state index contributed by atoms with van der Waals surface area (Å²) < 4.78 is 26.3. The number of nitrogens with zero attached hydrogens (tertiary/aromatic N) is 2. The zero-order chi connectivity index (χ0) is 16.4. The fourth-order valence-electron chi connectivity index (χ4n) is 3.10. The lowest BCUT2D eigenvalue weighted by atomic mass is 10.1. The molecule has 0 unspecified atom stereocenters. The topological polar surface area (TPSA) is 6.48 Å². The molecule has 0 amide bonds. The summed E-state index contributed by atoms with van der Waals surface area (Å²) in [6.45, 7) is 8.67. The van der Waals surface area contributed by atoms with Crippen molar-refractivity contribution in [1.82, 2.24) is 4.90 Å². The average Bonchev–Trinajstić information content (AvgIpc) is 2.54. The molecule has 2 aromatic carbocycles. The van der Waals surface area contributed by atoms with Gasteiger partial charge in [-0.05, 0) is 48.7 Å².